The number of hydrogen-bond donors (Lipinski definition) is 2. The van der Waals surface area contributed by atoms with Gasteiger partial charge in [0.15, 0.2) is 0 Å². The number of nitrogens with one attached hydrogen (secondary N) is 1. The summed E-state index contributed by atoms with van der Waals surface area (Å²) in [5.74, 6) is -0.727. The molecule has 1 aromatic carbocycles. The van der Waals surface area contributed by atoms with Gasteiger partial charge < -0.3 is 15.0 Å². The first-order valence-corrected chi connectivity index (χ1v) is 9.20. The smallest absolute Gasteiger partial charge is 0.303 e. The Kier molecular flexibility index (Phi) is 4.66. The predicted octanol–water partition coefficient (Wildman–Crippen LogP) is 2.36. The van der Waals surface area contributed by atoms with E-state index in [1.165, 1.54) is 0 Å². The molecule has 0 bridgehead atoms. The molecule has 2 aromatic heterocycles. The SMILES string of the molecule is O=C(O)CCc1cc2n(n1)CCCN(C(=O)Cc1c[nH]c3ccccc13)C2. The van der Waals surface area contributed by atoms with Crippen molar-refractivity contribution in [3.63, 3.8) is 0 Å². The molecule has 7 nitrogen and oxygen atoms in total. The van der Waals surface area contributed by atoms with E-state index in [0.717, 1.165) is 40.8 Å². The molecular formula is C20H22N4O3. The van der Waals surface area contributed by atoms with Crippen LogP contribution < -0.4 is 0 Å². The maximum atomic E-state index is 12.9. The number of hydrogen-bond acceptors (Lipinski definition) is 3. The molecular weight excluding hydrogens is 344 g/mol. The lowest BCUT2D eigenvalue weighted by Crippen LogP contribution is -2.31. The summed E-state index contributed by atoms with van der Waals surface area (Å²) in [6, 6.07) is 9.92. The lowest BCUT2D eigenvalue weighted by molar-refractivity contribution is -0.137. The third kappa shape index (κ3) is 3.72. The molecule has 2 N–H and O–H groups in total. The zero-order chi connectivity index (χ0) is 18.8. The Morgan fingerprint density at radius 3 is 2.93 bits per heavy atom. The molecule has 1 aliphatic rings. The average molecular weight is 366 g/mol. The van der Waals surface area contributed by atoms with Crippen molar-refractivity contribution in [3.8, 4) is 0 Å². The van der Waals surface area contributed by atoms with Crippen LogP contribution in [0.3, 0.4) is 0 Å². The minimum Gasteiger partial charge on any atom is -0.481 e. The number of carbonyl (C=O) groups excluding carboxylic acids is 1. The second kappa shape index (κ2) is 7.26. The Morgan fingerprint density at radius 2 is 2.07 bits per heavy atom. The van der Waals surface area contributed by atoms with Gasteiger partial charge in [-0.2, -0.15) is 5.10 Å². The van der Waals surface area contributed by atoms with Crippen molar-refractivity contribution in [2.75, 3.05) is 6.54 Å². The second-order valence-corrected chi connectivity index (χ2v) is 6.95. The highest BCUT2D eigenvalue weighted by atomic mass is 16.4. The first kappa shape index (κ1) is 17.3. The van der Waals surface area contributed by atoms with Crippen LogP contribution in [0.5, 0.6) is 0 Å². The van der Waals surface area contributed by atoms with E-state index in [4.69, 9.17) is 5.11 Å². The number of aryl methyl sites for hydroxylation is 2. The number of carbonyl (C=O) groups is 2. The molecule has 7 heteroatoms. The number of H-pyrrole nitrogens is 1. The molecule has 0 fully saturated rings. The fourth-order valence-electron chi connectivity index (χ4n) is 3.64. The molecule has 0 saturated heterocycles. The highest BCUT2D eigenvalue weighted by Gasteiger charge is 2.21. The minimum absolute atomic E-state index is 0.0691. The quantitative estimate of drug-likeness (QED) is 0.725. The van der Waals surface area contributed by atoms with E-state index in [-0.39, 0.29) is 12.3 Å². The summed E-state index contributed by atoms with van der Waals surface area (Å²) in [6.07, 6.45) is 3.60. The monoisotopic (exact) mass is 366 g/mol. The zero-order valence-corrected chi connectivity index (χ0v) is 15.0. The van der Waals surface area contributed by atoms with Gasteiger partial charge in [0, 0.05) is 36.6 Å². The van der Waals surface area contributed by atoms with E-state index in [1.54, 1.807) is 0 Å². The Labute approximate surface area is 156 Å². The maximum absolute atomic E-state index is 12.9. The van der Waals surface area contributed by atoms with Gasteiger partial charge in [-0.15, -0.1) is 0 Å². The van der Waals surface area contributed by atoms with Gasteiger partial charge in [-0.25, -0.2) is 0 Å². The number of carboxylic acid groups (broad SMARTS) is 1. The fourth-order valence-corrected chi connectivity index (χ4v) is 3.64. The van der Waals surface area contributed by atoms with Gasteiger partial charge >= 0.3 is 5.97 Å². The summed E-state index contributed by atoms with van der Waals surface area (Å²) in [5.41, 5.74) is 3.80. The summed E-state index contributed by atoms with van der Waals surface area (Å²) < 4.78 is 1.91. The second-order valence-electron chi connectivity index (χ2n) is 6.95. The van der Waals surface area contributed by atoms with E-state index in [0.29, 0.717) is 25.9 Å². The molecule has 0 saturated carbocycles. The normalized spacial score (nSPS) is 14.1. The topological polar surface area (TPSA) is 91.2 Å². The number of carboxylic acids is 1. The number of para-hydroxylation sites is 1. The zero-order valence-electron chi connectivity index (χ0n) is 15.0. The van der Waals surface area contributed by atoms with Crippen LogP contribution >= 0.6 is 0 Å². The summed E-state index contributed by atoms with van der Waals surface area (Å²) in [7, 11) is 0. The minimum atomic E-state index is -0.825. The molecule has 0 unspecified atom stereocenters. The molecule has 3 aromatic rings. The van der Waals surface area contributed by atoms with E-state index in [2.05, 4.69) is 10.1 Å². The lowest BCUT2D eigenvalue weighted by atomic mass is 10.1. The van der Waals surface area contributed by atoms with Gasteiger partial charge in [0.2, 0.25) is 5.91 Å². The van der Waals surface area contributed by atoms with Crippen molar-refractivity contribution in [2.45, 2.75) is 38.8 Å². The summed E-state index contributed by atoms with van der Waals surface area (Å²) >= 11 is 0. The van der Waals surface area contributed by atoms with Crippen molar-refractivity contribution in [2.24, 2.45) is 0 Å². The Bertz CT molecular complexity index is 988. The fraction of sp³-hybridized carbons (Fsp3) is 0.350. The molecule has 140 valence electrons. The standard InChI is InChI=1S/C20H22N4O3/c25-19(10-14-12-21-18-5-2-1-4-17(14)18)23-8-3-9-24-16(13-23)11-15(22-24)6-7-20(26)27/h1-2,4-5,11-12,21H,3,6-10,13H2,(H,26,27). The first-order chi connectivity index (χ1) is 13.1. The van der Waals surface area contributed by atoms with Crippen LogP contribution in [0.1, 0.15) is 29.8 Å². The number of nitrogens with zero attached hydrogens (tertiary/aromatic N) is 3. The van der Waals surface area contributed by atoms with Gasteiger partial charge in [0.05, 0.1) is 30.8 Å². The number of aromatic nitrogens is 3. The van der Waals surface area contributed by atoms with Gasteiger partial charge in [-0.1, -0.05) is 18.2 Å². The molecule has 1 amide bonds. The number of aromatic amines is 1. The molecule has 0 atom stereocenters. The van der Waals surface area contributed by atoms with Gasteiger partial charge in [-0.3, -0.25) is 14.3 Å². The Balaban J connectivity index is 1.47. The van der Waals surface area contributed by atoms with Crippen molar-refractivity contribution >= 4 is 22.8 Å². The summed E-state index contributed by atoms with van der Waals surface area (Å²) in [6.45, 7) is 1.97. The largest absolute Gasteiger partial charge is 0.481 e. The van der Waals surface area contributed by atoms with E-state index < -0.39 is 5.97 Å². The third-order valence-corrected chi connectivity index (χ3v) is 5.03. The maximum Gasteiger partial charge on any atom is 0.303 e. The van der Waals surface area contributed by atoms with Gasteiger partial charge in [0.25, 0.3) is 0 Å². The van der Waals surface area contributed by atoms with Crippen LogP contribution in [0.4, 0.5) is 0 Å². The number of aliphatic carboxylic acids is 1. The van der Waals surface area contributed by atoms with Crippen molar-refractivity contribution < 1.29 is 14.7 Å². The number of amides is 1. The number of benzene rings is 1. The van der Waals surface area contributed by atoms with Crippen LogP contribution in [-0.2, 0) is 35.5 Å². The molecule has 0 spiro atoms. The first-order valence-electron chi connectivity index (χ1n) is 9.20. The highest BCUT2D eigenvalue weighted by Crippen LogP contribution is 2.20. The molecule has 4 rings (SSSR count). The van der Waals surface area contributed by atoms with Crippen LogP contribution in [-0.4, -0.2) is 43.2 Å². The van der Waals surface area contributed by atoms with Crippen LogP contribution in [0.25, 0.3) is 10.9 Å². The molecule has 0 radical (unpaired) electrons. The third-order valence-electron chi connectivity index (χ3n) is 5.03. The molecule has 3 heterocycles. The number of rotatable bonds is 5. The predicted molar refractivity (Wildman–Crippen MR) is 100 cm³/mol. The van der Waals surface area contributed by atoms with Crippen molar-refractivity contribution in [3.05, 3.63) is 53.5 Å². The molecule has 0 aliphatic carbocycles. The van der Waals surface area contributed by atoms with Crippen molar-refractivity contribution in [1.29, 1.82) is 0 Å². The Hall–Kier alpha value is -3.09. The number of fused-ring (bicyclic) bond motifs is 2. The van der Waals surface area contributed by atoms with Crippen LogP contribution in [0.2, 0.25) is 0 Å². The van der Waals surface area contributed by atoms with Crippen LogP contribution in [0, 0.1) is 0 Å². The summed E-state index contributed by atoms with van der Waals surface area (Å²) in [4.78, 5) is 28.8. The highest BCUT2D eigenvalue weighted by molar-refractivity contribution is 5.88. The van der Waals surface area contributed by atoms with E-state index in [1.807, 2.05) is 46.1 Å². The van der Waals surface area contributed by atoms with Crippen molar-refractivity contribution in [1.82, 2.24) is 19.7 Å². The average Bonchev–Trinajstić information content (AvgIpc) is 3.18. The van der Waals surface area contributed by atoms with E-state index in [9.17, 15) is 9.59 Å². The molecule has 1 aliphatic heterocycles. The van der Waals surface area contributed by atoms with Gasteiger partial charge in [0.1, 0.15) is 0 Å². The van der Waals surface area contributed by atoms with Crippen LogP contribution in [0.15, 0.2) is 36.5 Å². The summed E-state index contributed by atoms with van der Waals surface area (Å²) in [5, 5.41) is 14.4. The van der Waals surface area contributed by atoms with E-state index >= 15 is 0 Å². The molecule has 27 heavy (non-hydrogen) atoms. The lowest BCUT2D eigenvalue weighted by Gasteiger charge is -2.20. The Morgan fingerprint density at radius 1 is 1.22 bits per heavy atom. The van der Waals surface area contributed by atoms with Gasteiger partial charge in [-0.05, 0) is 24.1 Å².